The van der Waals surface area contributed by atoms with Crippen LogP contribution in [0.25, 0.3) is 5.69 Å². The summed E-state index contributed by atoms with van der Waals surface area (Å²) < 4.78 is 7.02. The summed E-state index contributed by atoms with van der Waals surface area (Å²) in [6.45, 7) is 3.81. The topological polar surface area (TPSA) is 84.7 Å². The number of carbonyl (C=O) groups is 2. The van der Waals surface area contributed by atoms with Crippen LogP contribution >= 0.6 is 23.2 Å². The summed E-state index contributed by atoms with van der Waals surface area (Å²) in [7, 11) is 1.51. The van der Waals surface area contributed by atoms with Gasteiger partial charge in [-0.25, -0.2) is 5.43 Å². The number of methoxy groups -OCH3 is 1. The maximum Gasteiger partial charge on any atom is 0.329 e. The molecule has 7 nitrogen and oxygen atoms in total. The molecule has 1 heterocycles. The van der Waals surface area contributed by atoms with Crippen molar-refractivity contribution in [2.45, 2.75) is 13.8 Å². The van der Waals surface area contributed by atoms with Crippen LogP contribution in [0.5, 0.6) is 5.75 Å². The number of aryl methyl sites for hydroxylation is 1. The van der Waals surface area contributed by atoms with Gasteiger partial charge in [0.2, 0.25) is 0 Å². The number of ether oxygens (including phenoxy) is 1. The van der Waals surface area contributed by atoms with Crippen molar-refractivity contribution in [3.05, 3.63) is 75.5 Å². The second-order valence-electron chi connectivity index (χ2n) is 6.62. The maximum atomic E-state index is 12.1. The summed E-state index contributed by atoms with van der Waals surface area (Å²) in [5.74, 6) is -1.18. The van der Waals surface area contributed by atoms with Gasteiger partial charge in [0, 0.05) is 28.7 Å². The monoisotopic (exact) mass is 458 g/mol. The molecule has 31 heavy (non-hydrogen) atoms. The van der Waals surface area contributed by atoms with E-state index in [1.54, 1.807) is 30.3 Å². The Bertz CT molecular complexity index is 1170. The Labute approximate surface area is 189 Å². The van der Waals surface area contributed by atoms with E-state index in [2.05, 4.69) is 15.8 Å². The van der Waals surface area contributed by atoms with E-state index < -0.39 is 11.8 Å². The molecule has 160 valence electrons. The fraction of sp³-hybridized carbons (Fsp3) is 0.136. The zero-order valence-corrected chi connectivity index (χ0v) is 18.6. The number of amides is 2. The molecule has 0 radical (unpaired) electrons. The van der Waals surface area contributed by atoms with Crippen LogP contribution < -0.4 is 15.5 Å². The molecule has 2 N–H and O–H groups in total. The number of nitrogens with one attached hydrogen (secondary N) is 2. The highest BCUT2D eigenvalue weighted by molar-refractivity contribution is 6.43. The fourth-order valence-electron chi connectivity index (χ4n) is 3.05. The number of carbonyl (C=O) groups excluding carboxylic acids is 2. The third-order valence-corrected chi connectivity index (χ3v) is 5.35. The van der Waals surface area contributed by atoms with Gasteiger partial charge in [-0.05, 0) is 44.2 Å². The molecule has 9 heteroatoms. The van der Waals surface area contributed by atoms with Crippen molar-refractivity contribution in [3.8, 4) is 11.4 Å². The van der Waals surface area contributed by atoms with Crippen LogP contribution in [-0.4, -0.2) is 29.7 Å². The number of rotatable bonds is 5. The third kappa shape index (κ3) is 5.07. The molecule has 0 atom stereocenters. The summed E-state index contributed by atoms with van der Waals surface area (Å²) in [5.41, 5.74) is 5.91. The largest absolute Gasteiger partial charge is 0.497 e. The average Bonchev–Trinajstić information content (AvgIpc) is 3.03. The highest BCUT2D eigenvalue weighted by Gasteiger charge is 2.15. The van der Waals surface area contributed by atoms with E-state index in [0.717, 1.165) is 22.6 Å². The second kappa shape index (κ2) is 9.68. The minimum Gasteiger partial charge on any atom is -0.497 e. The van der Waals surface area contributed by atoms with Gasteiger partial charge in [-0.1, -0.05) is 35.3 Å². The molecule has 0 aliphatic heterocycles. The van der Waals surface area contributed by atoms with Gasteiger partial charge in [0.25, 0.3) is 0 Å². The number of hydrogen-bond acceptors (Lipinski definition) is 4. The summed E-state index contributed by atoms with van der Waals surface area (Å²) in [4.78, 5) is 24.1. The van der Waals surface area contributed by atoms with Crippen LogP contribution in [0.3, 0.4) is 0 Å². The minimum atomic E-state index is -0.897. The zero-order valence-electron chi connectivity index (χ0n) is 17.1. The number of aromatic nitrogens is 1. The van der Waals surface area contributed by atoms with Gasteiger partial charge in [0.05, 0.1) is 29.1 Å². The Morgan fingerprint density at radius 3 is 2.55 bits per heavy atom. The summed E-state index contributed by atoms with van der Waals surface area (Å²) in [6, 6.07) is 14.0. The van der Waals surface area contributed by atoms with Crippen LogP contribution in [0, 0.1) is 13.8 Å². The SMILES string of the molecule is COc1cccc(NC(=O)C(=O)N/N=C\c2cc(C)n(-c3cccc(Cl)c3Cl)c2C)c1. The first-order chi connectivity index (χ1) is 14.8. The molecule has 2 amide bonds. The summed E-state index contributed by atoms with van der Waals surface area (Å²) in [5, 5.41) is 7.29. The van der Waals surface area contributed by atoms with Crippen molar-refractivity contribution in [2.24, 2.45) is 5.10 Å². The Morgan fingerprint density at radius 2 is 1.81 bits per heavy atom. The molecule has 3 rings (SSSR count). The highest BCUT2D eigenvalue weighted by Crippen LogP contribution is 2.31. The van der Waals surface area contributed by atoms with Gasteiger partial charge in [0.1, 0.15) is 5.75 Å². The molecular formula is C22H20Cl2N4O3. The second-order valence-corrected chi connectivity index (χ2v) is 7.41. The first kappa shape index (κ1) is 22.4. The number of benzene rings is 2. The van der Waals surface area contributed by atoms with E-state index in [0.29, 0.717) is 21.5 Å². The molecule has 0 fully saturated rings. The van der Waals surface area contributed by atoms with E-state index in [1.807, 2.05) is 36.6 Å². The first-order valence-corrected chi connectivity index (χ1v) is 9.99. The Hall–Kier alpha value is -3.29. The van der Waals surface area contributed by atoms with Crippen LogP contribution in [0.1, 0.15) is 17.0 Å². The van der Waals surface area contributed by atoms with Crippen molar-refractivity contribution >= 4 is 46.9 Å². The van der Waals surface area contributed by atoms with Gasteiger partial charge in [-0.3, -0.25) is 9.59 Å². The van der Waals surface area contributed by atoms with Crippen LogP contribution in [0.2, 0.25) is 10.0 Å². The first-order valence-electron chi connectivity index (χ1n) is 9.23. The summed E-state index contributed by atoms with van der Waals surface area (Å²) >= 11 is 12.5. The lowest BCUT2D eigenvalue weighted by Crippen LogP contribution is -2.32. The van der Waals surface area contributed by atoms with Crippen LogP contribution in [0.4, 0.5) is 5.69 Å². The van der Waals surface area contributed by atoms with Crippen LogP contribution in [-0.2, 0) is 9.59 Å². The number of nitrogens with zero attached hydrogens (tertiary/aromatic N) is 2. The van der Waals surface area contributed by atoms with Crippen molar-refractivity contribution in [1.29, 1.82) is 0 Å². The molecule has 1 aromatic heterocycles. The van der Waals surface area contributed by atoms with Crippen molar-refractivity contribution in [1.82, 2.24) is 9.99 Å². The summed E-state index contributed by atoms with van der Waals surface area (Å²) in [6.07, 6.45) is 1.47. The normalized spacial score (nSPS) is 10.9. The quantitative estimate of drug-likeness (QED) is 0.335. The van der Waals surface area contributed by atoms with Gasteiger partial charge in [-0.2, -0.15) is 5.10 Å². The lowest BCUT2D eigenvalue weighted by atomic mass is 10.2. The van der Waals surface area contributed by atoms with E-state index in [4.69, 9.17) is 27.9 Å². The van der Waals surface area contributed by atoms with Crippen LogP contribution in [0.15, 0.2) is 53.6 Å². The van der Waals surface area contributed by atoms with Gasteiger partial charge < -0.3 is 14.6 Å². The van der Waals surface area contributed by atoms with Crippen molar-refractivity contribution in [3.63, 3.8) is 0 Å². The number of anilines is 1. The standard InChI is InChI=1S/C22H20Cl2N4O3/c1-13-10-15(14(2)28(13)19-9-5-8-18(23)20(19)24)12-25-27-22(30)21(29)26-16-6-4-7-17(11-16)31-3/h4-12H,1-3H3,(H,26,29)(H,27,30)/b25-12-. The lowest BCUT2D eigenvalue weighted by Gasteiger charge is -2.12. The molecule has 3 aromatic rings. The number of hydrogen-bond donors (Lipinski definition) is 2. The molecule has 0 unspecified atom stereocenters. The Morgan fingerprint density at radius 1 is 1.06 bits per heavy atom. The molecule has 0 spiro atoms. The molecular weight excluding hydrogens is 439 g/mol. The van der Waals surface area contributed by atoms with E-state index in [-0.39, 0.29) is 0 Å². The average molecular weight is 459 g/mol. The molecule has 0 saturated heterocycles. The molecule has 0 bridgehead atoms. The maximum absolute atomic E-state index is 12.1. The third-order valence-electron chi connectivity index (χ3n) is 4.55. The van der Waals surface area contributed by atoms with Crippen molar-refractivity contribution < 1.29 is 14.3 Å². The molecule has 0 aliphatic rings. The van der Waals surface area contributed by atoms with Gasteiger partial charge in [0.15, 0.2) is 0 Å². The fourth-order valence-corrected chi connectivity index (χ4v) is 3.43. The Balaban J connectivity index is 1.70. The zero-order chi connectivity index (χ0) is 22.5. The molecule has 0 saturated carbocycles. The highest BCUT2D eigenvalue weighted by atomic mass is 35.5. The predicted molar refractivity (Wildman–Crippen MR) is 123 cm³/mol. The van der Waals surface area contributed by atoms with Gasteiger partial charge >= 0.3 is 11.8 Å². The lowest BCUT2D eigenvalue weighted by molar-refractivity contribution is -0.136. The number of halogens is 2. The predicted octanol–water partition coefficient (Wildman–Crippen LogP) is 4.50. The van der Waals surface area contributed by atoms with E-state index in [1.165, 1.54) is 13.3 Å². The number of hydrazone groups is 1. The molecule has 2 aromatic carbocycles. The van der Waals surface area contributed by atoms with Crippen molar-refractivity contribution in [2.75, 3.05) is 12.4 Å². The smallest absolute Gasteiger partial charge is 0.329 e. The Kier molecular flexibility index (Phi) is 6.99. The van der Waals surface area contributed by atoms with E-state index in [9.17, 15) is 9.59 Å². The van der Waals surface area contributed by atoms with Gasteiger partial charge in [-0.15, -0.1) is 0 Å². The van der Waals surface area contributed by atoms with E-state index >= 15 is 0 Å². The molecule has 0 aliphatic carbocycles. The minimum absolute atomic E-state index is 0.436.